The lowest BCUT2D eigenvalue weighted by Gasteiger charge is -2.16. The molecule has 6 heteroatoms. The molecule has 2 heterocycles. The standard InChI is InChI=1S/C11H17N3O3/c1-2-3-14-10(16)5-8(11(14)17)13-7-4-9(15)12-6-7/h7-8,13H,2-6H2,1H3,(H,12,15). The van der Waals surface area contributed by atoms with Gasteiger partial charge in [-0.25, -0.2) is 0 Å². The van der Waals surface area contributed by atoms with Crippen molar-refractivity contribution in [3.05, 3.63) is 0 Å². The molecular weight excluding hydrogens is 222 g/mol. The number of carbonyl (C=O) groups excluding carboxylic acids is 3. The first-order valence-electron chi connectivity index (χ1n) is 5.98. The largest absolute Gasteiger partial charge is 0.354 e. The van der Waals surface area contributed by atoms with Crippen molar-refractivity contribution in [3.63, 3.8) is 0 Å². The van der Waals surface area contributed by atoms with Gasteiger partial charge in [0.05, 0.1) is 12.5 Å². The smallest absolute Gasteiger partial charge is 0.246 e. The number of rotatable bonds is 4. The number of hydrogen-bond donors (Lipinski definition) is 2. The van der Waals surface area contributed by atoms with E-state index < -0.39 is 6.04 Å². The van der Waals surface area contributed by atoms with Gasteiger partial charge in [0.25, 0.3) is 0 Å². The maximum atomic E-state index is 11.9. The quantitative estimate of drug-likeness (QED) is 0.617. The fraction of sp³-hybridized carbons (Fsp3) is 0.727. The summed E-state index contributed by atoms with van der Waals surface area (Å²) in [5.74, 6) is -0.285. The predicted octanol–water partition coefficient (Wildman–Crippen LogP) is -0.998. The fourth-order valence-electron chi connectivity index (χ4n) is 2.28. The first-order valence-corrected chi connectivity index (χ1v) is 5.98. The first kappa shape index (κ1) is 12.0. The second-order valence-electron chi connectivity index (χ2n) is 4.51. The summed E-state index contributed by atoms with van der Waals surface area (Å²) in [6.45, 7) is 2.95. The number of nitrogens with zero attached hydrogens (tertiary/aromatic N) is 1. The second-order valence-corrected chi connectivity index (χ2v) is 4.51. The van der Waals surface area contributed by atoms with Gasteiger partial charge in [-0.2, -0.15) is 0 Å². The topological polar surface area (TPSA) is 78.5 Å². The molecule has 0 aromatic rings. The van der Waals surface area contributed by atoms with Gasteiger partial charge in [-0.05, 0) is 6.42 Å². The summed E-state index contributed by atoms with van der Waals surface area (Å²) in [6, 6.07) is -0.488. The molecule has 2 atom stereocenters. The Morgan fingerprint density at radius 1 is 1.35 bits per heavy atom. The fourth-order valence-corrected chi connectivity index (χ4v) is 2.28. The van der Waals surface area contributed by atoms with Crippen molar-refractivity contribution < 1.29 is 14.4 Å². The van der Waals surface area contributed by atoms with E-state index in [2.05, 4.69) is 10.6 Å². The van der Waals surface area contributed by atoms with Crippen molar-refractivity contribution in [1.82, 2.24) is 15.5 Å². The van der Waals surface area contributed by atoms with E-state index in [4.69, 9.17) is 0 Å². The van der Waals surface area contributed by atoms with Crippen molar-refractivity contribution in [2.75, 3.05) is 13.1 Å². The van der Waals surface area contributed by atoms with Crippen LogP contribution in [0.5, 0.6) is 0 Å². The zero-order valence-electron chi connectivity index (χ0n) is 9.86. The van der Waals surface area contributed by atoms with Gasteiger partial charge in [0.2, 0.25) is 17.7 Å². The first-order chi connectivity index (χ1) is 8.11. The molecule has 17 heavy (non-hydrogen) atoms. The van der Waals surface area contributed by atoms with Crippen LogP contribution in [0, 0.1) is 0 Å². The second kappa shape index (κ2) is 4.83. The van der Waals surface area contributed by atoms with Crippen LogP contribution in [0.3, 0.4) is 0 Å². The number of hydrogen-bond acceptors (Lipinski definition) is 4. The highest BCUT2D eigenvalue weighted by Gasteiger charge is 2.39. The molecule has 6 nitrogen and oxygen atoms in total. The number of amides is 3. The Kier molecular flexibility index (Phi) is 3.42. The van der Waals surface area contributed by atoms with Crippen LogP contribution in [0.15, 0.2) is 0 Å². The third-order valence-corrected chi connectivity index (χ3v) is 3.11. The lowest BCUT2D eigenvalue weighted by Crippen LogP contribution is -2.44. The minimum Gasteiger partial charge on any atom is -0.354 e. The molecule has 3 amide bonds. The number of likely N-dealkylation sites (tertiary alicyclic amines) is 1. The molecule has 0 aromatic carbocycles. The molecule has 2 aliphatic rings. The minimum absolute atomic E-state index is 0.00955. The van der Waals surface area contributed by atoms with Crippen LogP contribution >= 0.6 is 0 Å². The number of imide groups is 1. The highest BCUT2D eigenvalue weighted by atomic mass is 16.2. The van der Waals surface area contributed by atoms with Crippen LogP contribution in [0.1, 0.15) is 26.2 Å². The molecular formula is C11H17N3O3. The molecule has 0 spiro atoms. The molecule has 94 valence electrons. The molecule has 2 N–H and O–H groups in total. The Hall–Kier alpha value is -1.43. The predicted molar refractivity (Wildman–Crippen MR) is 60.0 cm³/mol. The highest BCUT2D eigenvalue weighted by Crippen LogP contribution is 2.15. The van der Waals surface area contributed by atoms with Crippen molar-refractivity contribution >= 4 is 17.7 Å². The molecule has 0 bridgehead atoms. The molecule has 2 unspecified atom stereocenters. The van der Waals surface area contributed by atoms with E-state index in [1.54, 1.807) is 0 Å². The minimum atomic E-state index is -0.452. The van der Waals surface area contributed by atoms with E-state index >= 15 is 0 Å². The summed E-state index contributed by atoms with van der Waals surface area (Å²) in [6.07, 6.45) is 1.36. The maximum Gasteiger partial charge on any atom is 0.246 e. The van der Waals surface area contributed by atoms with Gasteiger partial charge in [0.1, 0.15) is 0 Å². The van der Waals surface area contributed by atoms with Gasteiger partial charge in [0.15, 0.2) is 0 Å². The summed E-state index contributed by atoms with van der Waals surface area (Å²) in [5, 5.41) is 5.78. The molecule has 0 aliphatic carbocycles. The van der Waals surface area contributed by atoms with Gasteiger partial charge in [-0.1, -0.05) is 6.92 Å². The summed E-state index contributed by atoms with van der Waals surface area (Å²) in [5.41, 5.74) is 0. The van der Waals surface area contributed by atoms with Gasteiger partial charge in [0, 0.05) is 25.6 Å². The summed E-state index contributed by atoms with van der Waals surface area (Å²) >= 11 is 0. The lowest BCUT2D eigenvalue weighted by molar-refractivity contribution is -0.139. The van der Waals surface area contributed by atoms with E-state index in [0.717, 1.165) is 6.42 Å². The monoisotopic (exact) mass is 239 g/mol. The molecule has 2 saturated heterocycles. The third-order valence-electron chi connectivity index (χ3n) is 3.11. The average Bonchev–Trinajstić information content (AvgIpc) is 2.79. The van der Waals surface area contributed by atoms with Crippen LogP contribution in [-0.2, 0) is 14.4 Å². The van der Waals surface area contributed by atoms with Gasteiger partial charge in [-0.3, -0.25) is 19.3 Å². The zero-order valence-corrected chi connectivity index (χ0v) is 9.86. The van der Waals surface area contributed by atoms with Crippen LogP contribution in [-0.4, -0.2) is 47.8 Å². The van der Waals surface area contributed by atoms with E-state index in [1.165, 1.54) is 4.90 Å². The normalized spacial score (nSPS) is 29.0. The number of nitrogens with one attached hydrogen (secondary N) is 2. The Morgan fingerprint density at radius 3 is 2.71 bits per heavy atom. The molecule has 2 aliphatic heterocycles. The van der Waals surface area contributed by atoms with E-state index in [-0.39, 0.29) is 30.2 Å². The third kappa shape index (κ3) is 2.46. The maximum absolute atomic E-state index is 11.9. The van der Waals surface area contributed by atoms with Crippen LogP contribution in [0.2, 0.25) is 0 Å². The van der Waals surface area contributed by atoms with Gasteiger partial charge in [-0.15, -0.1) is 0 Å². The van der Waals surface area contributed by atoms with Gasteiger partial charge >= 0.3 is 0 Å². The SMILES string of the molecule is CCCN1C(=O)CC(NC2CNC(=O)C2)C1=O. The van der Waals surface area contributed by atoms with Crippen LogP contribution in [0.4, 0.5) is 0 Å². The molecule has 0 radical (unpaired) electrons. The van der Waals surface area contributed by atoms with Crippen molar-refractivity contribution in [2.45, 2.75) is 38.3 Å². The summed E-state index contributed by atoms with van der Waals surface area (Å²) < 4.78 is 0. The van der Waals surface area contributed by atoms with E-state index in [9.17, 15) is 14.4 Å². The highest BCUT2D eigenvalue weighted by molar-refractivity contribution is 6.05. The number of carbonyl (C=O) groups is 3. The Bertz CT molecular complexity index is 356. The molecule has 0 aromatic heterocycles. The molecule has 2 fully saturated rings. The summed E-state index contributed by atoms with van der Waals surface area (Å²) in [7, 11) is 0. The molecule has 2 rings (SSSR count). The van der Waals surface area contributed by atoms with Crippen molar-refractivity contribution in [3.8, 4) is 0 Å². The lowest BCUT2D eigenvalue weighted by atomic mass is 10.2. The van der Waals surface area contributed by atoms with Crippen LogP contribution in [0.25, 0.3) is 0 Å². The average molecular weight is 239 g/mol. The van der Waals surface area contributed by atoms with E-state index in [0.29, 0.717) is 19.5 Å². The zero-order chi connectivity index (χ0) is 12.4. The Balaban J connectivity index is 1.92. The van der Waals surface area contributed by atoms with Crippen molar-refractivity contribution in [1.29, 1.82) is 0 Å². The van der Waals surface area contributed by atoms with E-state index in [1.807, 2.05) is 6.92 Å². The van der Waals surface area contributed by atoms with Crippen molar-refractivity contribution in [2.24, 2.45) is 0 Å². The van der Waals surface area contributed by atoms with Gasteiger partial charge < -0.3 is 10.6 Å². The Morgan fingerprint density at radius 2 is 2.12 bits per heavy atom. The van der Waals surface area contributed by atoms with Crippen LogP contribution < -0.4 is 10.6 Å². The molecule has 0 saturated carbocycles. The Labute approximate surface area is 99.7 Å². The summed E-state index contributed by atoms with van der Waals surface area (Å²) in [4.78, 5) is 35.9.